The van der Waals surface area contributed by atoms with Gasteiger partial charge in [-0.2, -0.15) is 9.38 Å². The molecule has 0 radical (unpaired) electrons. The number of fused-ring (bicyclic) bond motifs is 1. The predicted molar refractivity (Wildman–Crippen MR) is 108 cm³/mol. The van der Waals surface area contributed by atoms with Crippen molar-refractivity contribution in [1.29, 1.82) is 0 Å². The molecule has 3 aromatic rings. The normalized spacial score (nSPS) is 16.9. The summed E-state index contributed by atoms with van der Waals surface area (Å²) in [5.74, 6) is 0.365. The minimum atomic E-state index is -0.386. The Kier molecular flexibility index (Phi) is 5.11. The zero-order valence-electron chi connectivity index (χ0n) is 15.1. The standard InChI is InChI=1S/C18H20N6O3S/c25-17(20-13-6-2-1-3-7-13)19-12-14-8-4-5-9-22(14)15-16(24(26)27)23-10-11-28-18(23)21-15/h1-3,6-7,10-11,14H,4-5,8-9,12H2,(H2,19,20,25). The van der Waals surface area contributed by atoms with Gasteiger partial charge in [0.15, 0.2) is 0 Å². The van der Waals surface area contributed by atoms with Gasteiger partial charge >= 0.3 is 11.8 Å². The largest absolute Gasteiger partial charge is 0.373 e. The number of anilines is 2. The lowest BCUT2D eigenvalue weighted by Gasteiger charge is -2.35. The first-order valence-corrected chi connectivity index (χ1v) is 9.98. The zero-order valence-corrected chi connectivity index (χ0v) is 15.9. The van der Waals surface area contributed by atoms with Crippen LogP contribution in [0.25, 0.3) is 4.96 Å². The van der Waals surface area contributed by atoms with Crippen LogP contribution in [-0.4, -0.2) is 39.5 Å². The predicted octanol–water partition coefficient (Wildman–Crippen LogP) is 3.48. The molecular formula is C18H20N6O3S. The third kappa shape index (κ3) is 3.63. The Morgan fingerprint density at radius 2 is 2.14 bits per heavy atom. The highest BCUT2D eigenvalue weighted by molar-refractivity contribution is 7.15. The summed E-state index contributed by atoms with van der Waals surface area (Å²) in [6, 6.07) is 8.87. The number of carbonyl (C=O) groups excluding carboxylic acids is 1. The Bertz CT molecular complexity index is 986. The third-order valence-corrected chi connectivity index (χ3v) is 5.58. The van der Waals surface area contributed by atoms with E-state index in [1.165, 1.54) is 15.7 Å². The fourth-order valence-corrected chi connectivity index (χ4v) is 4.23. The molecule has 1 aliphatic heterocycles. The number of nitrogens with zero attached hydrogens (tertiary/aromatic N) is 4. The van der Waals surface area contributed by atoms with Crippen LogP contribution in [0, 0.1) is 10.1 Å². The maximum Gasteiger partial charge on any atom is 0.373 e. The smallest absolute Gasteiger partial charge is 0.358 e. The quantitative estimate of drug-likeness (QED) is 0.504. The fraction of sp³-hybridized carbons (Fsp3) is 0.333. The van der Waals surface area contributed by atoms with Crippen LogP contribution >= 0.6 is 11.3 Å². The Labute approximate surface area is 165 Å². The first-order valence-electron chi connectivity index (χ1n) is 9.10. The van der Waals surface area contributed by atoms with Gasteiger partial charge in [-0.25, -0.2) is 4.79 Å². The monoisotopic (exact) mass is 400 g/mol. The number of benzene rings is 1. The van der Waals surface area contributed by atoms with Crippen molar-refractivity contribution in [2.45, 2.75) is 25.3 Å². The van der Waals surface area contributed by atoms with Crippen molar-refractivity contribution in [2.24, 2.45) is 0 Å². The van der Waals surface area contributed by atoms with E-state index < -0.39 is 0 Å². The van der Waals surface area contributed by atoms with Crippen molar-refractivity contribution in [3.05, 3.63) is 52.0 Å². The Morgan fingerprint density at radius 3 is 2.93 bits per heavy atom. The molecule has 2 N–H and O–H groups in total. The Morgan fingerprint density at radius 1 is 1.32 bits per heavy atom. The summed E-state index contributed by atoms with van der Waals surface area (Å²) in [6.45, 7) is 1.07. The number of rotatable bonds is 5. The highest BCUT2D eigenvalue weighted by Crippen LogP contribution is 2.34. The summed E-state index contributed by atoms with van der Waals surface area (Å²) in [6.07, 6.45) is 4.46. The molecular weight excluding hydrogens is 380 g/mol. The van der Waals surface area contributed by atoms with Gasteiger partial charge in [-0.05, 0) is 36.3 Å². The van der Waals surface area contributed by atoms with Crippen LogP contribution in [0.3, 0.4) is 0 Å². The minimum absolute atomic E-state index is 0.0168. The molecule has 1 aromatic carbocycles. The van der Waals surface area contributed by atoms with Crippen LogP contribution in [-0.2, 0) is 0 Å². The number of amides is 2. The van der Waals surface area contributed by atoms with Crippen molar-refractivity contribution in [2.75, 3.05) is 23.3 Å². The summed E-state index contributed by atoms with van der Waals surface area (Å²) >= 11 is 1.37. The van der Waals surface area contributed by atoms with Crippen molar-refractivity contribution in [1.82, 2.24) is 14.7 Å². The SMILES string of the molecule is O=C(NCC1CCCCN1c1nc2sccn2c1[N+](=O)[O-])Nc1ccccc1. The molecule has 0 bridgehead atoms. The van der Waals surface area contributed by atoms with Crippen molar-refractivity contribution >= 4 is 39.7 Å². The van der Waals surface area contributed by atoms with Gasteiger partial charge < -0.3 is 25.6 Å². The number of thiazole rings is 1. The summed E-state index contributed by atoms with van der Waals surface area (Å²) in [5.41, 5.74) is 0.713. The van der Waals surface area contributed by atoms with E-state index in [1.807, 2.05) is 35.2 Å². The number of carbonyl (C=O) groups is 1. The first-order chi connectivity index (χ1) is 13.6. The lowest BCUT2D eigenvalue weighted by atomic mass is 10.0. The van der Waals surface area contributed by atoms with Crippen LogP contribution in [0.15, 0.2) is 41.9 Å². The zero-order chi connectivity index (χ0) is 19.5. The maximum absolute atomic E-state index is 12.2. The van der Waals surface area contributed by atoms with E-state index in [0.717, 1.165) is 19.3 Å². The molecule has 3 heterocycles. The second-order valence-electron chi connectivity index (χ2n) is 6.62. The first kappa shape index (κ1) is 18.2. The summed E-state index contributed by atoms with van der Waals surface area (Å²) in [4.78, 5) is 30.5. The maximum atomic E-state index is 12.2. The van der Waals surface area contributed by atoms with Gasteiger partial charge in [0.25, 0.3) is 4.96 Å². The summed E-state index contributed by atoms with van der Waals surface area (Å²) < 4.78 is 1.52. The van der Waals surface area contributed by atoms with Crippen LogP contribution in [0.4, 0.5) is 22.1 Å². The molecule has 4 rings (SSSR count). The molecule has 1 aliphatic rings. The van der Waals surface area contributed by atoms with E-state index in [0.29, 0.717) is 29.6 Å². The van der Waals surface area contributed by atoms with Gasteiger partial charge in [-0.3, -0.25) is 0 Å². The van der Waals surface area contributed by atoms with Crippen LogP contribution in [0.2, 0.25) is 0 Å². The van der Waals surface area contributed by atoms with Gasteiger partial charge in [0, 0.05) is 30.2 Å². The second-order valence-corrected chi connectivity index (χ2v) is 7.49. The third-order valence-electron chi connectivity index (χ3n) is 4.82. The lowest BCUT2D eigenvalue weighted by molar-refractivity contribution is -0.389. The molecule has 0 aliphatic carbocycles. The average Bonchev–Trinajstić information content (AvgIpc) is 3.28. The Hall–Kier alpha value is -3.14. The van der Waals surface area contributed by atoms with E-state index in [1.54, 1.807) is 11.6 Å². The van der Waals surface area contributed by atoms with E-state index in [-0.39, 0.29) is 22.8 Å². The number of piperidine rings is 1. The highest BCUT2D eigenvalue weighted by atomic mass is 32.1. The number of hydrogen-bond acceptors (Lipinski definition) is 6. The molecule has 9 nitrogen and oxygen atoms in total. The van der Waals surface area contributed by atoms with Crippen LogP contribution in [0.1, 0.15) is 19.3 Å². The number of urea groups is 1. The molecule has 10 heteroatoms. The molecule has 2 aromatic heterocycles. The van der Waals surface area contributed by atoms with Crippen LogP contribution < -0.4 is 15.5 Å². The van der Waals surface area contributed by atoms with Crippen LogP contribution in [0.5, 0.6) is 0 Å². The number of para-hydroxylation sites is 1. The van der Waals surface area contributed by atoms with Gasteiger partial charge in [0.05, 0.1) is 0 Å². The number of nitrogens with one attached hydrogen (secondary N) is 2. The second kappa shape index (κ2) is 7.85. The number of imidazole rings is 1. The van der Waals surface area contributed by atoms with E-state index in [4.69, 9.17) is 0 Å². The van der Waals surface area contributed by atoms with E-state index >= 15 is 0 Å². The summed E-state index contributed by atoms with van der Waals surface area (Å²) in [7, 11) is 0. The molecule has 1 unspecified atom stereocenters. The number of hydrogen-bond donors (Lipinski definition) is 2. The van der Waals surface area contributed by atoms with E-state index in [2.05, 4.69) is 15.6 Å². The van der Waals surface area contributed by atoms with Gasteiger partial charge in [-0.15, -0.1) is 0 Å². The van der Waals surface area contributed by atoms with Crippen molar-refractivity contribution in [3.8, 4) is 0 Å². The fourth-order valence-electron chi connectivity index (χ4n) is 3.52. The number of aromatic nitrogens is 2. The molecule has 2 amide bonds. The molecule has 28 heavy (non-hydrogen) atoms. The molecule has 146 valence electrons. The average molecular weight is 400 g/mol. The molecule has 1 saturated heterocycles. The molecule has 0 saturated carbocycles. The van der Waals surface area contributed by atoms with Gasteiger partial charge in [0.2, 0.25) is 5.82 Å². The lowest BCUT2D eigenvalue weighted by Crippen LogP contribution is -2.48. The Balaban J connectivity index is 1.49. The van der Waals surface area contributed by atoms with E-state index in [9.17, 15) is 14.9 Å². The summed E-state index contributed by atoms with van der Waals surface area (Å²) in [5, 5.41) is 19.1. The molecule has 1 fully saturated rings. The molecule has 1 atom stereocenters. The topological polar surface area (TPSA) is 105 Å². The minimum Gasteiger partial charge on any atom is -0.358 e. The van der Waals surface area contributed by atoms with Gasteiger partial charge in [-0.1, -0.05) is 29.5 Å². The molecule has 0 spiro atoms. The number of nitro groups is 1. The van der Waals surface area contributed by atoms with Gasteiger partial charge in [0.1, 0.15) is 6.20 Å². The highest BCUT2D eigenvalue weighted by Gasteiger charge is 2.33. The van der Waals surface area contributed by atoms with Crippen molar-refractivity contribution in [3.63, 3.8) is 0 Å². The van der Waals surface area contributed by atoms with Crippen molar-refractivity contribution < 1.29 is 9.72 Å².